The summed E-state index contributed by atoms with van der Waals surface area (Å²) in [6, 6.07) is 6.25. The van der Waals surface area contributed by atoms with Gasteiger partial charge < -0.3 is 9.72 Å². The molecule has 2 aromatic rings. The highest BCUT2D eigenvalue weighted by Crippen LogP contribution is 2.24. The van der Waals surface area contributed by atoms with Crippen molar-refractivity contribution in [3.05, 3.63) is 35.9 Å². The molecule has 1 aliphatic heterocycles. The average Bonchev–Trinajstić information content (AvgIpc) is 3.19. The molecular weight excluding hydrogens is 300 g/mol. The number of aromatic nitrogens is 2. The van der Waals surface area contributed by atoms with Gasteiger partial charge in [-0.1, -0.05) is 26.8 Å². The van der Waals surface area contributed by atoms with Gasteiger partial charge in [-0.2, -0.15) is 0 Å². The quantitative estimate of drug-likeness (QED) is 0.939. The Morgan fingerprint density at radius 3 is 2.67 bits per heavy atom. The molecule has 1 atom stereocenters. The molecule has 1 N–H and O–H groups in total. The fourth-order valence-electron chi connectivity index (χ4n) is 3.37. The molecule has 1 saturated heterocycles. The van der Waals surface area contributed by atoms with Gasteiger partial charge in [0.1, 0.15) is 5.82 Å². The first-order valence-electron chi connectivity index (χ1n) is 8.88. The second-order valence-corrected chi connectivity index (χ2v) is 7.79. The highest BCUT2D eigenvalue weighted by Gasteiger charge is 2.25. The minimum Gasteiger partial charge on any atom is -0.349 e. The molecule has 1 amide bonds. The van der Waals surface area contributed by atoms with Crippen LogP contribution >= 0.6 is 0 Å². The lowest BCUT2D eigenvalue weighted by atomic mass is 9.96. The number of nitrogens with zero attached hydrogens (tertiary/aromatic N) is 3. The number of imidazole rings is 1. The average molecular weight is 328 g/mol. The van der Waals surface area contributed by atoms with Gasteiger partial charge in [0, 0.05) is 24.2 Å². The van der Waals surface area contributed by atoms with Crippen LogP contribution in [-0.2, 0) is 5.41 Å². The Bertz CT molecular complexity index is 723. The van der Waals surface area contributed by atoms with Gasteiger partial charge in [-0.05, 0) is 45.0 Å². The van der Waals surface area contributed by atoms with E-state index in [4.69, 9.17) is 0 Å². The minimum atomic E-state index is -0.119. The zero-order chi connectivity index (χ0) is 17.3. The maximum Gasteiger partial charge on any atom is 0.272 e. The fourth-order valence-corrected chi connectivity index (χ4v) is 3.37. The lowest BCUT2D eigenvalue weighted by molar-refractivity contribution is 0.0937. The molecule has 1 aliphatic rings. The number of pyridine rings is 1. The lowest BCUT2D eigenvalue weighted by Crippen LogP contribution is -2.40. The Morgan fingerprint density at radius 2 is 2.00 bits per heavy atom. The van der Waals surface area contributed by atoms with E-state index in [2.05, 4.69) is 42.9 Å². The smallest absolute Gasteiger partial charge is 0.272 e. The van der Waals surface area contributed by atoms with Crippen molar-refractivity contribution in [1.29, 1.82) is 0 Å². The van der Waals surface area contributed by atoms with Crippen LogP contribution in [-0.4, -0.2) is 45.9 Å². The number of hydrogen-bond donors (Lipinski definition) is 1. The third-order valence-corrected chi connectivity index (χ3v) is 4.76. The van der Waals surface area contributed by atoms with Crippen LogP contribution in [0.1, 0.15) is 56.8 Å². The Morgan fingerprint density at radius 1 is 1.29 bits per heavy atom. The summed E-state index contributed by atoms with van der Waals surface area (Å²) in [4.78, 5) is 19.8. The predicted octanol–water partition coefficient (Wildman–Crippen LogP) is 2.85. The van der Waals surface area contributed by atoms with Crippen molar-refractivity contribution in [3.8, 4) is 0 Å². The molecule has 2 aromatic heterocycles. The Labute approximate surface area is 144 Å². The fraction of sp³-hybridized carbons (Fsp3) is 0.579. The lowest BCUT2D eigenvalue weighted by Gasteiger charge is -2.23. The highest BCUT2D eigenvalue weighted by atomic mass is 16.1. The molecular formula is C19H28N4O. The Hall–Kier alpha value is -1.88. The van der Waals surface area contributed by atoms with Crippen molar-refractivity contribution in [2.75, 3.05) is 19.6 Å². The van der Waals surface area contributed by atoms with Crippen LogP contribution in [0, 0.1) is 0 Å². The van der Waals surface area contributed by atoms with Gasteiger partial charge >= 0.3 is 0 Å². The number of hydrogen-bond acceptors (Lipinski definition) is 3. The van der Waals surface area contributed by atoms with Gasteiger partial charge in [0.2, 0.25) is 0 Å². The molecule has 3 heterocycles. The first kappa shape index (κ1) is 17.0. The molecule has 0 bridgehead atoms. The summed E-state index contributed by atoms with van der Waals surface area (Å²) >= 11 is 0. The third kappa shape index (κ3) is 3.31. The number of fused-ring (bicyclic) bond motifs is 1. The van der Waals surface area contributed by atoms with Gasteiger partial charge in [-0.25, -0.2) is 4.98 Å². The molecule has 0 spiro atoms. The maximum absolute atomic E-state index is 12.7. The van der Waals surface area contributed by atoms with Crippen LogP contribution in [0.5, 0.6) is 0 Å². The zero-order valence-corrected chi connectivity index (χ0v) is 15.2. The van der Waals surface area contributed by atoms with E-state index in [1.165, 1.54) is 12.8 Å². The molecule has 5 nitrogen and oxygen atoms in total. The van der Waals surface area contributed by atoms with Gasteiger partial charge in [0.05, 0.1) is 5.52 Å². The Balaban J connectivity index is 1.79. The molecule has 24 heavy (non-hydrogen) atoms. The number of carbonyl (C=O) groups excluding carboxylic acids is 1. The first-order chi connectivity index (χ1) is 11.4. The van der Waals surface area contributed by atoms with E-state index >= 15 is 0 Å². The van der Waals surface area contributed by atoms with Crippen LogP contribution in [0.3, 0.4) is 0 Å². The summed E-state index contributed by atoms with van der Waals surface area (Å²) in [7, 11) is 0. The molecule has 1 unspecified atom stereocenters. The largest absolute Gasteiger partial charge is 0.349 e. The first-order valence-corrected chi connectivity index (χ1v) is 8.88. The topological polar surface area (TPSA) is 49.6 Å². The van der Waals surface area contributed by atoms with Crippen molar-refractivity contribution in [2.24, 2.45) is 0 Å². The summed E-state index contributed by atoms with van der Waals surface area (Å²) in [5, 5.41) is 3.08. The number of nitrogens with one attached hydrogen (secondary N) is 1. The molecule has 5 heteroatoms. The molecule has 130 valence electrons. The van der Waals surface area contributed by atoms with Crippen molar-refractivity contribution < 1.29 is 4.79 Å². The molecule has 3 rings (SSSR count). The molecule has 0 aromatic carbocycles. The van der Waals surface area contributed by atoms with Crippen LogP contribution in [0.4, 0.5) is 0 Å². The van der Waals surface area contributed by atoms with E-state index in [1.54, 1.807) is 0 Å². The van der Waals surface area contributed by atoms with Crippen molar-refractivity contribution in [1.82, 2.24) is 19.6 Å². The standard InChI is InChI=1S/C19H28N4O/c1-14(22-10-7-8-11-22)13-20-17(24)16-15-9-5-6-12-23(15)18(21-16)19(2,3)4/h5-6,9,12,14H,7-8,10-11,13H2,1-4H3,(H,20,24). The molecule has 0 radical (unpaired) electrons. The second kappa shape index (κ2) is 6.55. The number of carbonyl (C=O) groups is 1. The monoisotopic (exact) mass is 328 g/mol. The predicted molar refractivity (Wildman–Crippen MR) is 96.5 cm³/mol. The maximum atomic E-state index is 12.7. The van der Waals surface area contributed by atoms with Crippen LogP contribution in [0.25, 0.3) is 5.52 Å². The number of amides is 1. The van der Waals surface area contributed by atoms with E-state index < -0.39 is 0 Å². The summed E-state index contributed by atoms with van der Waals surface area (Å²) in [6.07, 6.45) is 4.50. The summed E-state index contributed by atoms with van der Waals surface area (Å²) in [5.41, 5.74) is 1.27. The van der Waals surface area contributed by atoms with E-state index in [0.717, 1.165) is 24.4 Å². The van der Waals surface area contributed by atoms with Gasteiger partial charge in [-0.15, -0.1) is 0 Å². The van der Waals surface area contributed by atoms with Crippen molar-refractivity contribution >= 4 is 11.4 Å². The molecule has 0 saturated carbocycles. The SMILES string of the molecule is CC(CNC(=O)c1nc(C(C)(C)C)n2ccccc12)N1CCCC1. The molecule has 0 aliphatic carbocycles. The van der Waals surface area contributed by atoms with E-state index in [-0.39, 0.29) is 11.3 Å². The van der Waals surface area contributed by atoms with Gasteiger partial charge in [0.15, 0.2) is 5.69 Å². The Kier molecular flexibility index (Phi) is 4.63. The van der Waals surface area contributed by atoms with Gasteiger partial charge in [0.25, 0.3) is 5.91 Å². The zero-order valence-electron chi connectivity index (χ0n) is 15.2. The number of likely N-dealkylation sites (tertiary alicyclic amines) is 1. The highest BCUT2D eigenvalue weighted by molar-refractivity contribution is 5.99. The van der Waals surface area contributed by atoms with E-state index in [9.17, 15) is 4.79 Å². The summed E-state index contributed by atoms with van der Waals surface area (Å²) in [5.74, 6) is 0.830. The van der Waals surface area contributed by atoms with Gasteiger partial charge in [-0.3, -0.25) is 9.69 Å². The van der Waals surface area contributed by atoms with Crippen molar-refractivity contribution in [3.63, 3.8) is 0 Å². The van der Waals surface area contributed by atoms with Crippen LogP contribution in [0.15, 0.2) is 24.4 Å². The van der Waals surface area contributed by atoms with Crippen molar-refractivity contribution in [2.45, 2.75) is 52.0 Å². The second-order valence-electron chi connectivity index (χ2n) is 7.79. The minimum absolute atomic E-state index is 0.0831. The number of rotatable bonds is 4. The van der Waals surface area contributed by atoms with E-state index in [1.807, 2.05) is 28.8 Å². The third-order valence-electron chi connectivity index (χ3n) is 4.76. The summed E-state index contributed by atoms with van der Waals surface area (Å²) < 4.78 is 2.03. The van der Waals surface area contributed by atoms with Crippen LogP contribution in [0.2, 0.25) is 0 Å². The van der Waals surface area contributed by atoms with E-state index in [0.29, 0.717) is 18.3 Å². The normalized spacial score (nSPS) is 17.3. The summed E-state index contributed by atoms with van der Waals surface area (Å²) in [6.45, 7) is 11.5. The van der Waals surface area contributed by atoms with Crippen LogP contribution < -0.4 is 5.32 Å². The molecule has 1 fully saturated rings.